The summed E-state index contributed by atoms with van der Waals surface area (Å²) in [5.41, 5.74) is 2.01. The van der Waals surface area contributed by atoms with Gasteiger partial charge in [0.05, 0.1) is 19.2 Å². The number of hydrogen-bond acceptors (Lipinski definition) is 5. The molecular formula is C20H22BrN3O2. The molecule has 0 radical (unpaired) electrons. The molecular weight excluding hydrogens is 394 g/mol. The number of hydrogen-bond donors (Lipinski definition) is 1. The van der Waals surface area contributed by atoms with E-state index in [9.17, 15) is 0 Å². The van der Waals surface area contributed by atoms with Crippen LogP contribution in [0.15, 0.2) is 48.8 Å². The Labute approximate surface area is 161 Å². The van der Waals surface area contributed by atoms with Gasteiger partial charge < -0.3 is 14.8 Å². The van der Waals surface area contributed by atoms with Crippen molar-refractivity contribution in [1.29, 1.82) is 0 Å². The molecule has 3 rings (SSSR count). The Morgan fingerprint density at radius 3 is 2.65 bits per heavy atom. The summed E-state index contributed by atoms with van der Waals surface area (Å²) in [6, 6.07) is 14.2. The Kier molecular flexibility index (Phi) is 6.28. The van der Waals surface area contributed by atoms with Gasteiger partial charge in [0.15, 0.2) is 11.5 Å². The molecule has 0 aliphatic rings. The van der Waals surface area contributed by atoms with E-state index in [2.05, 4.69) is 50.3 Å². The number of alkyl halides is 1. The van der Waals surface area contributed by atoms with Gasteiger partial charge in [0.2, 0.25) is 0 Å². The zero-order chi connectivity index (χ0) is 18.4. The van der Waals surface area contributed by atoms with Crippen LogP contribution in [-0.4, -0.2) is 29.0 Å². The molecule has 136 valence electrons. The van der Waals surface area contributed by atoms with Gasteiger partial charge in [-0.05, 0) is 25.0 Å². The van der Waals surface area contributed by atoms with Gasteiger partial charge >= 0.3 is 0 Å². The molecule has 1 heterocycles. The van der Waals surface area contributed by atoms with Crippen molar-refractivity contribution in [3.05, 3.63) is 54.4 Å². The van der Waals surface area contributed by atoms with E-state index < -0.39 is 0 Å². The lowest BCUT2D eigenvalue weighted by Crippen LogP contribution is -2.08. The molecule has 1 atom stereocenters. The number of halogens is 1. The molecule has 0 saturated heterocycles. The quantitative estimate of drug-likeness (QED) is 0.415. The maximum atomic E-state index is 5.88. The van der Waals surface area contributed by atoms with Gasteiger partial charge in [-0.1, -0.05) is 46.3 Å². The largest absolute Gasteiger partial charge is 0.493 e. The molecule has 1 unspecified atom stereocenters. The summed E-state index contributed by atoms with van der Waals surface area (Å²) in [5, 5.41) is 5.28. The Hall–Kier alpha value is -2.34. The molecule has 1 N–H and O–H groups in total. The maximum Gasteiger partial charge on any atom is 0.162 e. The second kappa shape index (κ2) is 8.85. The van der Waals surface area contributed by atoms with Gasteiger partial charge in [-0.2, -0.15) is 0 Å². The normalized spacial score (nSPS) is 12.0. The van der Waals surface area contributed by atoms with Crippen molar-refractivity contribution in [2.24, 2.45) is 0 Å². The number of benzene rings is 2. The molecule has 1 aromatic heterocycles. The second-order valence-corrected chi connectivity index (χ2v) is 6.70. The van der Waals surface area contributed by atoms with E-state index in [1.165, 1.54) is 5.56 Å². The summed E-state index contributed by atoms with van der Waals surface area (Å²) in [6.45, 7) is 2.73. The summed E-state index contributed by atoms with van der Waals surface area (Å²) in [7, 11) is 1.64. The molecule has 0 aliphatic carbocycles. The van der Waals surface area contributed by atoms with Crippen molar-refractivity contribution in [1.82, 2.24) is 9.97 Å². The molecule has 5 nitrogen and oxygen atoms in total. The average Bonchev–Trinajstić information content (AvgIpc) is 2.68. The minimum atomic E-state index is 0.120. The highest BCUT2D eigenvalue weighted by atomic mass is 79.9. The number of fused-ring (bicyclic) bond motifs is 1. The van der Waals surface area contributed by atoms with E-state index in [0.717, 1.165) is 28.5 Å². The van der Waals surface area contributed by atoms with Crippen LogP contribution in [0.2, 0.25) is 0 Å². The minimum Gasteiger partial charge on any atom is -0.493 e. The second-order valence-electron chi connectivity index (χ2n) is 5.91. The standard InChI is InChI=1S/C20H22BrN3O2/c1-14(15-7-4-3-5-8-15)24-20-16-11-19(26-10-6-9-21)18(25-2)12-17(16)22-13-23-20/h3-5,7-8,11-14H,6,9-10H2,1-2H3,(H,22,23,24). The number of nitrogens with zero attached hydrogens (tertiary/aromatic N) is 2. The van der Waals surface area contributed by atoms with Gasteiger partial charge in [-0.25, -0.2) is 9.97 Å². The third kappa shape index (κ3) is 4.25. The van der Waals surface area contributed by atoms with Gasteiger partial charge in [0.1, 0.15) is 12.1 Å². The fourth-order valence-corrected chi connectivity index (χ4v) is 2.95. The number of aromatic nitrogens is 2. The first-order valence-electron chi connectivity index (χ1n) is 8.56. The van der Waals surface area contributed by atoms with Crippen molar-refractivity contribution >= 4 is 32.7 Å². The van der Waals surface area contributed by atoms with E-state index in [4.69, 9.17) is 9.47 Å². The van der Waals surface area contributed by atoms with E-state index >= 15 is 0 Å². The van der Waals surface area contributed by atoms with Crippen molar-refractivity contribution < 1.29 is 9.47 Å². The van der Waals surface area contributed by atoms with Crippen molar-refractivity contribution in [2.75, 3.05) is 24.4 Å². The molecule has 3 aromatic rings. The first-order chi connectivity index (χ1) is 12.7. The molecule has 0 amide bonds. The van der Waals surface area contributed by atoms with Gasteiger partial charge in [0, 0.05) is 22.8 Å². The molecule has 26 heavy (non-hydrogen) atoms. The van der Waals surface area contributed by atoms with E-state index in [1.807, 2.05) is 30.3 Å². The molecule has 2 aromatic carbocycles. The summed E-state index contributed by atoms with van der Waals surface area (Å²) in [6.07, 6.45) is 2.48. The molecule has 0 bridgehead atoms. The summed E-state index contributed by atoms with van der Waals surface area (Å²) in [4.78, 5) is 8.81. The summed E-state index contributed by atoms with van der Waals surface area (Å²) >= 11 is 3.42. The predicted octanol–water partition coefficient (Wildman–Crippen LogP) is 4.98. The maximum absolute atomic E-state index is 5.88. The predicted molar refractivity (Wildman–Crippen MR) is 108 cm³/mol. The van der Waals surface area contributed by atoms with Crippen LogP contribution in [0.25, 0.3) is 10.9 Å². The lowest BCUT2D eigenvalue weighted by atomic mass is 10.1. The monoisotopic (exact) mass is 415 g/mol. The van der Waals surface area contributed by atoms with Crippen LogP contribution >= 0.6 is 15.9 Å². The number of ether oxygens (including phenoxy) is 2. The number of methoxy groups -OCH3 is 1. The van der Waals surface area contributed by atoms with Gasteiger partial charge in [-0.15, -0.1) is 0 Å². The topological polar surface area (TPSA) is 56.3 Å². The summed E-state index contributed by atoms with van der Waals surface area (Å²) in [5.74, 6) is 2.15. The van der Waals surface area contributed by atoms with Gasteiger partial charge in [-0.3, -0.25) is 0 Å². The van der Waals surface area contributed by atoms with Crippen molar-refractivity contribution in [3.8, 4) is 11.5 Å². The average molecular weight is 416 g/mol. The first-order valence-corrected chi connectivity index (χ1v) is 9.68. The Balaban J connectivity index is 1.93. The zero-order valence-electron chi connectivity index (χ0n) is 14.9. The van der Waals surface area contributed by atoms with Crippen molar-refractivity contribution in [2.45, 2.75) is 19.4 Å². The van der Waals surface area contributed by atoms with Crippen molar-refractivity contribution in [3.63, 3.8) is 0 Å². The molecule has 0 spiro atoms. The Morgan fingerprint density at radius 2 is 1.92 bits per heavy atom. The number of nitrogens with one attached hydrogen (secondary N) is 1. The molecule has 0 fully saturated rings. The number of anilines is 1. The van der Waals surface area contributed by atoms with E-state index in [1.54, 1.807) is 13.4 Å². The highest BCUT2D eigenvalue weighted by Gasteiger charge is 2.13. The van der Waals surface area contributed by atoms with Crippen LogP contribution in [0.4, 0.5) is 5.82 Å². The lowest BCUT2D eigenvalue weighted by Gasteiger charge is -2.17. The highest BCUT2D eigenvalue weighted by molar-refractivity contribution is 9.09. The van der Waals surface area contributed by atoms with Crippen LogP contribution < -0.4 is 14.8 Å². The first kappa shape index (κ1) is 18.5. The van der Waals surface area contributed by atoms with Crippen LogP contribution in [0, 0.1) is 0 Å². The number of rotatable bonds is 8. The third-order valence-corrected chi connectivity index (χ3v) is 4.67. The highest BCUT2D eigenvalue weighted by Crippen LogP contribution is 2.34. The Bertz CT molecular complexity index is 858. The smallest absolute Gasteiger partial charge is 0.162 e. The van der Waals surface area contributed by atoms with Crippen LogP contribution in [0.3, 0.4) is 0 Å². The zero-order valence-corrected chi connectivity index (χ0v) is 16.5. The van der Waals surface area contributed by atoms with Gasteiger partial charge in [0.25, 0.3) is 0 Å². The lowest BCUT2D eigenvalue weighted by molar-refractivity contribution is 0.296. The fourth-order valence-electron chi connectivity index (χ4n) is 2.72. The molecule has 6 heteroatoms. The molecule has 0 saturated carbocycles. The molecule has 0 aliphatic heterocycles. The van der Waals surface area contributed by atoms with E-state index in [-0.39, 0.29) is 6.04 Å². The summed E-state index contributed by atoms with van der Waals surface area (Å²) < 4.78 is 11.3. The van der Waals surface area contributed by atoms with E-state index in [0.29, 0.717) is 18.1 Å². The third-order valence-electron chi connectivity index (χ3n) is 4.11. The fraction of sp³-hybridized carbons (Fsp3) is 0.300. The van der Waals surface area contributed by atoms with Crippen LogP contribution in [0.5, 0.6) is 11.5 Å². The minimum absolute atomic E-state index is 0.120. The van der Waals surface area contributed by atoms with Crippen LogP contribution in [0.1, 0.15) is 24.9 Å². The van der Waals surface area contributed by atoms with Crippen LogP contribution in [-0.2, 0) is 0 Å². The SMILES string of the molecule is COc1cc2ncnc(NC(C)c3ccccc3)c2cc1OCCCBr. The Morgan fingerprint density at radius 1 is 1.12 bits per heavy atom.